The summed E-state index contributed by atoms with van der Waals surface area (Å²) in [7, 11) is -3.75. The Labute approximate surface area is 158 Å². The minimum atomic E-state index is -3.75. The average Bonchev–Trinajstić information content (AvgIpc) is 2.66. The second-order valence-corrected chi connectivity index (χ2v) is 8.01. The van der Waals surface area contributed by atoms with Gasteiger partial charge < -0.3 is 4.74 Å². The van der Waals surface area contributed by atoms with Crippen LogP contribution in [-0.2, 0) is 14.8 Å². The van der Waals surface area contributed by atoms with Crippen LogP contribution in [0.25, 0.3) is 0 Å². The number of esters is 1. The topological polar surface area (TPSA) is 63.7 Å². The molecule has 2 aromatic rings. The first kappa shape index (κ1) is 20.1. The van der Waals surface area contributed by atoms with Crippen LogP contribution < -0.4 is 4.31 Å². The first-order valence-electron chi connectivity index (χ1n) is 7.99. The molecular formula is C19H21NO4S2. The summed E-state index contributed by atoms with van der Waals surface area (Å²) in [4.78, 5) is 12.9. The molecule has 0 saturated carbocycles. The van der Waals surface area contributed by atoms with Gasteiger partial charge in [-0.2, -0.15) is 0 Å². The van der Waals surface area contributed by atoms with Crippen LogP contribution in [0, 0.1) is 0 Å². The summed E-state index contributed by atoms with van der Waals surface area (Å²) in [5.74, 6) is -0.440. The molecule has 0 heterocycles. The molecule has 0 fully saturated rings. The van der Waals surface area contributed by atoms with Gasteiger partial charge >= 0.3 is 5.97 Å². The quantitative estimate of drug-likeness (QED) is 0.387. The van der Waals surface area contributed by atoms with Gasteiger partial charge in [-0.25, -0.2) is 13.2 Å². The van der Waals surface area contributed by atoms with Gasteiger partial charge in [-0.1, -0.05) is 6.08 Å². The van der Waals surface area contributed by atoms with Gasteiger partial charge in [-0.15, -0.1) is 18.3 Å². The van der Waals surface area contributed by atoms with Gasteiger partial charge in [0.2, 0.25) is 0 Å². The van der Waals surface area contributed by atoms with Crippen molar-refractivity contribution in [1.82, 2.24) is 0 Å². The van der Waals surface area contributed by atoms with Gasteiger partial charge in [-0.3, -0.25) is 4.31 Å². The Morgan fingerprint density at radius 1 is 1.15 bits per heavy atom. The number of anilines is 1. The van der Waals surface area contributed by atoms with Crippen LogP contribution in [0.15, 0.2) is 71.0 Å². The molecule has 7 heteroatoms. The predicted octanol–water partition coefficient (Wildman–Crippen LogP) is 3.97. The first-order valence-corrected chi connectivity index (χ1v) is 10.7. The van der Waals surface area contributed by atoms with Crippen molar-refractivity contribution in [3.63, 3.8) is 0 Å². The van der Waals surface area contributed by atoms with Gasteiger partial charge in [0.15, 0.2) is 0 Å². The molecule has 0 atom stereocenters. The largest absolute Gasteiger partial charge is 0.462 e. The molecule has 0 radical (unpaired) electrons. The highest BCUT2D eigenvalue weighted by molar-refractivity contribution is 7.98. The Hall–Kier alpha value is -2.25. The van der Waals surface area contributed by atoms with E-state index in [0.717, 1.165) is 4.90 Å². The van der Waals surface area contributed by atoms with E-state index in [1.807, 2.05) is 6.26 Å². The average molecular weight is 392 g/mol. The van der Waals surface area contributed by atoms with Gasteiger partial charge in [-0.05, 0) is 61.7 Å². The lowest BCUT2D eigenvalue weighted by Gasteiger charge is -2.23. The highest BCUT2D eigenvalue weighted by Crippen LogP contribution is 2.26. The van der Waals surface area contributed by atoms with Gasteiger partial charge in [0.25, 0.3) is 10.0 Å². The van der Waals surface area contributed by atoms with Crippen molar-refractivity contribution in [2.24, 2.45) is 0 Å². The molecule has 138 valence electrons. The molecule has 0 bridgehead atoms. The molecule has 0 aliphatic carbocycles. The third-order valence-corrected chi connectivity index (χ3v) is 6.16. The molecule has 2 rings (SSSR count). The van der Waals surface area contributed by atoms with E-state index >= 15 is 0 Å². The zero-order valence-electron chi connectivity index (χ0n) is 14.7. The van der Waals surface area contributed by atoms with Crippen LogP contribution in [0.4, 0.5) is 5.69 Å². The zero-order chi connectivity index (χ0) is 19.2. The molecule has 0 saturated heterocycles. The van der Waals surface area contributed by atoms with Gasteiger partial charge in [0.1, 0.15) is 0 Å². The number of rotatable bonds is 8. The number of sulfonamides is 1. The monoisotopic (exact) mass is 391 g/mol. The van der Waals surface area contributed by atoms with Crippen LogP contribution >= 0.6 is 11.8 Å². The molecule has 0 amide bonds. The van der Waals surface area contributed by atoms with Crippen molar-refractivity contribution in [2.45, 2.75) is 16.7 Å². The maximum absolute atomic E-state index is 13.0. The van der Waals surface area contributed by atoms with Crippen molar-refractivity contribution in [3.05, 3.63) is 66.7 Å². The summed E-state index contributed by atoms with van der Waals surface area (Å²) in [5, 5.41) is 0. The maximum atomic E-state index is 13.0. The summed E-state index contributed by atoms with van der Waals surface area (Å²) in [6.45, 7) is 5.77. The molecule has 0 N–H and O–H groups in total. The molecular weight excluding hydrogens is 370 g/mol. The minimum Gasteiger partial charge on any atom is -0.462 e. The van der Waals surface area contributed by atoms with Crippen LogP contribution in [0.3, 0.4) is 0 Å². The summed E-state index contributed by atoms with van der Waals surface area (Å²) in [6.07, 6.45) is 3.45. The van der Waals surface area contributed by atoms with Crippen molar-refractivity contribution in [2.75, 3.05) is 23.7 Å². The number of hydrogen-bond donors (Lipinski definition) is 0. The van der Waals surface area contributed by atoms with Crippen LogP contribution in [-0.4, -0.2) is 33.8 Å². The fraction of sp³-hybridized carbons (Fsp3) is 0.211. The Morgan fingerprint density at radius 3 is 2.27 bits per heavy atom. The predicted molar refractivity (Wildman–Crippen MR) is 105 cm³/mol. The SMILES string of the molecule is C=CCN(c1ccc(C(=O)OCC)cc1)S(=O)(=O)c1ccc(SC)cc1. The first-order chi connectivity index (χ1) is 12.4. The highest BCUT2D eigenvalue weighted by atomic mass is 32.2. The van der Waals surface area contributed by atoms with Crippen molar-refractivity contribution >= 4 is 33.4 Å². The summed E-state index contributed by atoms with van der Waals surface area (Å²) in [6, 6.07) is 13.0. The molecule has 0 aliphatic heterocycles. The third kappa shape index (κ3) is 4.47. The van der Waals surface area contributed by atoms with Crippen LogP contribution in [0.5, 0.6) is 0 Å². The number of thioether (sulfide) groups is 1. The zero-order valence-corrected chi connectivity index (χ0v) is 16.3. The van der Waals surface area contributed by atoms with E-state index in [1.54, 1.807) is 67.2 Å². The highest BCUT2D eigenvalue weighted by Gasteiger charge is 2.24. The minimum absolute atomic E-state index is 0.116. The fourth-order valence-electron chi connectivity index (χ4n) is 2.31. The lowest BCUT2D eigenvalue weighted by atomic mass is 10.2. The van der Waals surface area contributed by atoms with E-state index in [9.17, 15) is 13.2 Å². The molecule has 0 spiro atoms. The van der Waals surface area contributed by atoms with E-state index in [0.29, 0.717) is 11.3 Å². The van der Waals surface area contributed by atoms with Crippen LogP contribution in [0.1, 0.15) is 17.3 Å². The van der Waals surface area contributed by atoms with Crippen molar-refractivity contribution in [1.29, 1.82) is 0 Å². The molecule has 26 heavy (non-hydrogen) atoms. The summed E-state index contributed by atoms with van der Waals surface area (Å²) >= 11 is 1.54. The van der Waals surface area contributed by atoms with Crippen LogP contribution in [0.2, 0.25) is 0 Å². The summed E-state index contributed by atoms with van der Waals surface area (Å²) < 4.78 is 32.2. The second kappa shape index (κ2) is 8.91. The molecule has 0 aliphatic rings. The fourth-order valence-corrected chi connectivity index (χ4v) is 4.16. The Morgan fingerprint density at radius 2 is 1.77 bits per heavy atom. The number of nitrogens with zero attached hydrogens (tertiary/aromatic N) is 1. The van der Waals surface area contributed by atoms with Crippen molar-refractivity contribution in [3.8, 4) is 0 Å². The lowest BCUT2D eigenvalue weighted by molar-refractivity contribution is 0.0526. The second-order valence-electron chi connectivity index (χ2n) is 5.27. The molecule has 2 aromatic carbocycles. The molecule has 5 nitrogen and oxygen atoms in total. The number of benzene rings is 2. The van der Waals surface area contributed by atoms with Gasteiger partial charge in [0, 0.05) is 4.90 Å². The maximum Gasteiger partial charge on any atom is 0.338 e. The lowest BCUT2D eigenvalue weighted by Crippen LogP contribution is -2.31. The van der Waals surface area contributed by atoms with Gasteiger partial charge in [0.05, 0.1) is 29.3 Å². The third-order valence-electron chi connectivity index (χ3n) is 3.61. The number of hydrogen-bond acceptors (Lipinski definition) is 5. The Kier molecular flexibility index (Phi) is 6.88. The van der Waals surface area contributed by atoms with E-state index < -0.39 is 16.0 Å². The van der Waals surface area contributed by atoms with E-state index in [-0.39, 0.29) is 18.0 Å². The number of ether oxygens (including phenoxy) is 1. The van der Waals surface area contributed by atoms with E-state index in [4.69, 9.17) is 4.74 Å². The van der Waals surface area contributed by atoms with Crippen molar-refractivity contribution < 1.29 is 17.9 Å². The molecule has 0 aromatic heterocycles. The standard InChI is InChI=1S/C19H21NO4S2/c1-4-14-20(16-8-6-15(7-9-16)19(21)24-5-2)26(22,23)18-12-10-17(25-3)11-13-18/h4,6-13H,1,5,14H2,2-3H3. The number of carbonyl (C=O) groups is 1. The Bertz CT molecular complexity index is 859. The number of carbonyl (C=O) groups excluding carboxylic acids is 1. The van der Waals surface area contributed by atoms with E-state index in [2.05, 4.69) is 6.58 Å². The molecule has 0 unspecified atom stereocenters. The summed E-state index contributed by atoms with van der Waals surface area (Å²) in [5.41, 5.74) is 0.822. The van der Waals surface area contributed by atoms with E-state index in [1.165, 1.54) is 10.4 Å². The Balaban J connectivity index is 2.37. The normalized spacial score (nSPS) is 11.0. The smallest absolute Gasteiger partial charge is 0.338 e.